The zero-order valence-electron chi connectivity index (χ0n) is 15.4. The molecule has 0 atom stereocenters. The first-order valence-corrected chi connectivity index (χ1v) is 9.29. The van der Waals surface area contributed by atoms with Gasteiger partial charge in [-0.3, -0.25) is 4.79 Å². The lowest BCUT2D eigenvalue weighted by molar-refractivity contribution is -0.142. The van der Waals surface area contributed by atoms with Gasteiger partial charge in [-0.05, 0) is 30.3 Å². The Balaban J connectivity index is 1.58. The fourth-order valence-corrected chi connectivity index (χ4v) is 3.36. The summed E-state index contributed by atoms with van der Waals surface area (Å²) < 4.78 is 29.1. The van der Waals surface area contributed by atoms with Gasteiger partial charge in [-0.1, -0.05) is 12.1 Å². The van der Waals surface area contributed by atoms with Crippen LogP contribution in [0.25, 0.3) is 10.6 Å². The van der Waals surface area contributed by atoms with Crippen molar-refractivity contribution >= 4 is 23.0 Å². The number of esters is 1. The first kappa shape index (κ1) is 19.6. The average Bonchev–Trinajstić information content (AvgIpc) is 3.19. The number of ether oxygens (including phenoxy) is 3. The van der Waals surface area contributed by atoms with Crippen LogP contribution in [0.5, 0.6) is 11.5 Å². The van der Waals surface area contributed by atoms with Gasteiger partial charge in [0.05, 0.1) is 25.5 Å². The molecule has 0 spiro atoms. The molecule has 0 saturated heterocycles. The molecule has 1 aromatic heterocycles. The van der Waals surface area contributed by atoms with Gasteiger partial charge in [-0.15, -0.1) is 11.3 Å². The van der Waals surface area contributed by atoms with Gasteiger partial charge in [0.2, 0.25) is 0 Å². The predicted molar refractivity (Wildman–Crippen MR) is 105 cm³/mol. The Labute approximate surface area is 165 Å². The van der Waals surface area contributed by atoms with Crippen molar-refractivity contribution in [2.75, 3.05) is 26.1 Å². The molecule has 0 radical (unpaired) electrons. The lowest BCUT2D eigenvalue weighted by Gasteiger charge is -2.10. The van der Waals surface area contributed by atoms with Gasteiger partial charge in [-0.25, -0.2) is 9.37 Å². The minimum atomic E-state index is -0.460. The van der Waals surface area contributed by atoms with Crippen LogP contribution >= 0.6 is 11.3 Å². The van der Waals surface area contributed by atoms with Crippen LogP contribution in [0, 0.1) is 5.82 Å². The molecule has 146 valence electrons. The smallest absolute Gasteiger partial charge is 0.325 e. The van der Waals surface area contributed by atoms with Gasteiger partial charge in [0.15, 0.2) is 11.5 Å². The van der Waals surface area contributed by atoms with Crippen LogP contribution in [0.1, 0.15) is 5.69 Å². The Kier molecular flexibility index (Phi) is 6.44. The Morgan fingerprint density at radius 1 is 1.18 bits per heavy atom. The molecule has 0 saturated carbocycles. The van der Waals surface area contributed by atoms with E-state index in [9.17, 15) is 9.18 Å². The molecule has 0 bridgehead atoms. The van der Waals surface area contributed by atoms with Crippen LogP contribution in [-0.4, -0.2) is 31.7 Å². The van der Waals surface area contributed by atoms with Crippen LogP contribution in [-0.2, 0) is 16.1 Å². The summed E-state index contributed by atoms with van der Waals surface area (Å²) in [5.41, 5.74) is 1.94. The van der Waals surface area contributed by atoms with Crippen LogP contribution in [0.2, 0.25) is 0 Å². The number of halogens is 1. The summed E-state index contributed by atoms with van der Waals surface area (Å²) >= 11 is 1.42. The summed E-state index contributed by atoms with van der Waals surface area (Å²) in [6.45, 7) is -0.0173. The van der Waals surface area contributed by atoms with Crippen molar-refractivity contribution in [3.8, 4) is 22.1 Å². The maximum absolute atomic E-state index is 13.1. The van der Waals surface area contributed by atoms with E-state index in [0.717, 1.165) is 10.6 Å². The Bertz CT molecular complexity index is 961. The summed E-state index contributed by atoms with van der Waals surface area (Å²) in [7, 11) is 3.15. The number of aromatic nitrogens is 1. The number of methoxy groups -OCH3 is 2. The molecule has 0 aliphatic rings. The molecule has 3 aromatic rings. The van der Waals surface area contributed by atoms with Crippen molar-refractivity contribution in [1.82, 2.24) is 4.98 Å². The maximum Gasteiger partial charge on any atom is 0.325 e. The van der Waals surface area contributed by atoms with Gasteiger partial charge < -0.3 is 19.5 Å². The molecule has 28 heavy (non-hydrogen) atoms. The highest BCUT2D eigenvalue weighted by molar-refractivity contribution is 7.13. The summed E-state index contributed by atoms with van der Waals surface area (Å²) in [5, 5.41) is 5.37. The molecule has 0 fully saturated rings. The van der Waals surface area contributed by atoms with E-state index in [1.54, 1.807) is 26.4 Å². The number of anilines is 1. The molecule has 0 unspecified atom stereocenters. The number of benzene rings is 2. The average molecular weight is 402 g/mol. The fourth-order valence-electron chi connectivity index (χ4n) is 2.53. The van der Waals surface area contributed by atoms with Crippen molar-refractivity contribution in [3.63, 3.8) is 0 Å². The second-order valence-corrected chi connectivity index (χ2v) is 6.57. The first-order chi connectivity index (χ1) is 13.6. The molecule has 2 aromatic carbocycles. The third-order valence-corrected chi connectivity index (χ3v) is 4.75. The number of rotatable bonds is 8. The number of carbonyl (C=O) groups is 1. The summed E-state index contributed by atoms with van der Waals surface area (Å²) in [5.74, 6) is 0.382. The summed E-state index contributed by atoms with van der Waals surface area (Å²) in [6, 6.07) is 11.4. The fraction of sp³-hybridized carbons (Fsp3) is 0.200. The molecule has 8 heteroatoms. The molecular weight excluding hydrogens is 383 g/mol. The number of thiazole rings is 1. The standard InChI is InChI=1S/C20H19FN2O4S/c1-25-17-8-4-7-16(19(17)26-2)20-23-15(12-28-20)11-27-18(24)10-22-14-6-3-5-13(21)9-14/h3-9,12,22H,10-11H2,1-2H3. The summed E-state index contributed by atoms with van der Waals surface area (Å²) in [6.07, 6.45) is 0. The molecular formula is C20H19FN2O4S. The van der Waals surface area contributed by atoms with Gasteiger partial charge >= 0.3 is 5.97 Å². The SMILES string of the molecule is COc1cccc(-c2nc(COC(=O)CNc3cccc(F)c3)cs2)c1OC. The molecule has 0 aliphatic heterocycles. The van der Waals surface area contributed by atoms with Gasteiger partial charge in [-0.2, -0.15) is 0 Å². The lowest BCUT2D eigenvalue weighted by Crippen LogP contribution is -2.16. The molecule has 0 aliphatic carbocycles. The molecule has 3 rings (SSSR count). The molecule has 0 amide bonds. The highest BCUT2D eigenvalue weighted by Gasteiger charge is 2.15. The second kappa shape index (κ2) is 9.18. The highest BCUT2D eigenvalue weighted by Crippen LogP contribution is 2.38. The largest absolute Gasteiger partial charge is 0.493 e. The lowest BCUT2D eigenvalue weighted by atomic mass is 10.2. The van der Waals surface area contributed by atoms with Gasteiger partial charge in [0.25, 0.3) is 0 Å². The number of carbonyl (C=O) groups excluding carboxylic acids is 1. The van der Waals surface area contributed by atoms with E-state index >= 15 is 0 Å². The highest BCUT2D eigenvalue weighted by atomic mass is 32.1. The van der Waals surface area contributed by atoms with E-state index in [2.05, 4.69) is 10.3 Å². The molecule has 6 nitrogen and oxygen atoms in total. The number of hydrogen-bond donors (Lipinski definition) is 1. The van der Waals surface area contributed by atoms with Crippen molar-refractivity contribution in [2.24, 2.45) is 0 Å². The van der Waals surface area contributed by atoms with Crippen LogP contribution < -0.4 is 14.8 Å². The van der Waals surface area contributed by atoms with E-state index in [0.29, 0.717) is 22.9 Å². The molecule has 1 heterocycles. The van der Waals surface area contributed by atoms with E-state index in [1.165, 1.54) is 23.5 Å². The second-order valence-electron chi connectivity index (χ2n) is 5.71. The molecule has 1 N–H and O–H groups in total. The predicted octanol–water partition coefficient (Wildman–Crippen LogP) is 4.12. The third-order valence-electron chi connectivity index (χ3n) is 3.83. The van der Waals surface area contributed by atoms with Crippen LogP contribution in [0.15, 0.2) is 47.8 Å². The van der Waals surface area contributed by atoms with Crippen LogP contribution in [0.3, 0.4) is 0 Å². The van der Waals surface area contributed by atoms with Crippen molar-refractivity contribution < 1.29 is 23.4 Å². The monoisotopic (exact) mass is 402 g/mol. The van der Waals surface area contributed by atoms with Gasteiger partial charge in [0, 0.05) is 11.1 Å². The summed E-state index contributed by atoms with van der Waals surface area (Å²) in [4.78, 5) is 16.4. The quantitative estimate of drug-likeness (QED) is 0.572. The van der Waals surface area contributed by atoms with Crippen molar-refractivity contribution in [1.29, 1.82) is 0 Å². The topological polar surface area (TPSA) is 69.7 Å². The van der Waals surface area contributed by atoms with E-state index in [1.807, 2.05) is 23.6 Å². The van der Waals surface area contributed by atoms with E-state index < -0.39 is 5.97 Å². The first-order valence-electron chi connectivity index (χ1n) is 8.41. The Morgan fingerprint density at radius 3 is 2.75 bits per heavy atom. The normalized spacial score (nSPS) is 10.4. The van der Waals surface area contributed by atoms with E-state index in [-0.39, 0.29) is 19.0 Å². The minimum absolute atomic E-state index is 0.0481. The Morgan fingerprint density at radius 2 is 2.00 bits per heavy atom. The minimum Gasteiger partial charge on any atom is -0.493 e. The van der Waals surface area contributed by atoms with Crippen molar-refractivity contribution in [3.05, 3.63) is 59.4 Å². The number of nitrogens with one attached hydrogen (secondary N) is 1. The van der Waals surface area contributed by atoms with E-state index in [4.69, 9.17) is 14.2 Å². The number of hydrogen-bond acceptors (Lipinski definition) is 7. The zero-order chi connectivity index (χ0) is 19.9. The van der Waals surface area contributed by atoms with Crippen LogP contribution in [0.4, 0.5) is 10.1 Å². The Hall–Kier alpha value is -3.13. The number of para-hydroxylation sites is 1. The van der Waals surface area contributed by atoms with Gasteiger partial charge in [0.1, 0.15) is 24.0 Å². The maximum atomic E-state index is 13.1. The third kappa shape index (κ3) is 4.77. The zero-order valence-corrected chi connectivity index (χ0v) is 16.2. The van der Waals surface area contributed by atoms with Crippen molar-refractivity contribution in [2.45, 2.75) is 6.61 Å². The number of nitrogens with zero attached hydrogens (tertiary/aromatic N) is 1.